The molecule has 2 N–H and O–H groups in total. The summed E-state index contributed by atoms with van der Waals surface area (Å²) in [5.41, 5.74) is 3.47. The van der Waals surface area contributed by atoms with Gasteiger partial charge in [-0.15, -0.1) is 0 Å². The van der Waals surface area contributed by atoms with Gasteiger partial charge in [0.1, 0.15) is 12.2 Å². The fourth-order valence-corrected chi connectivity index (χ4v) is 4.84. The lowest BCUT2D eigenvalue weighted by Crippen LogP contribution is -2.21. The summed E-state index contributed by atoms with van der Waals surface area (Å²) < 4.78 is 12.6. The van der Waals surface area contributed by atoms with E-state index in [1.165, 1.54) is 11.1 Å². The monoisotopic (exact) mass is 412 g/mol. The van der Waals surface area contributed by atoms with Crippen LogP contribution in [0.1, 0.15) is 11.1 Å². The lowest BCUT2D eigenvalue weighted by atomic mass is 10.1. The van der Waals surface area contributed by atoms with Crippen molar-refractivity contribution in [3.63, 3.8) is 0 Å². The van der Waals surface area contributed by atoms with E-state index in [9.17, 15) is 4.57 Å². The minimum atomic E-state index is -2.44. The number of para-hydroxylation sites is 1. The van der Waals surface area contributed by atoms with Gasteiger partial charge in [0.15, 0.2) is 5.82 Å². The van der Waals surface area contributed by atoms with Crippen LogP contribution >= 0.6 is 18.7 Å². The molecule has 0 spiro atoms. The SMILES string of the molecule is CP(C)(=O)c1ccccc1Nc1nc(NC2Cc3ccccc3C2)ncc1Cl. The molecule has 0 atom stereocenters. The van der Waals surface area contributed by atoms with Crippen molar-refractivity contribution < 1.29 is 4.57 Å². The summed E-state index contributed by atoms with van der Waals surface area (Å²) in [6.45, 7) is 3.50. The van der Waals surface area contributed by atoms with E-state index in [4.69, 9.17) is 11.6 Å². The maximum atomic E-state index is 12.6. The third-order valence-electron chi connectivity index (χ3n) is 4.87. The lowest BCUT2D eigenvalue weighted by molar-refractivity contribution is 0.588. The third kappa shape index (κ3) is 4.06. The zero-order valence-corrected chi connectivity index (χ0v) is 17.5. The van der Waals surface area contributed by atoms with E-state index >= 15 is 0 Å². The molecule has 3 aromatic rings. The van der Waals surface area contributed by atoms with Crippen LogP contribution in [-0.4, -0.2) is 29.3 Å². The van der Waals surface area contributed by atoms with E-state index in [0.717, 1.165) is 23.8 Å². The zero-order valence-electron chi connectivity index (χ0n) is 15.8. The first kappa shape index (κ1) is 19.0. The number of halogens is 1. The second-order valence-electron chi connectivity index (χ2n) is 7.40. The summed E-state index contributed by atoms with van der Waals surface area (Å²) in [5, 5.41) is 7.83. The summed E-state index contributed by atoms with van der Waals surface area (Å²) in [7, 11) is -2.44. The summed E-state index contributed by atoms with van der Waals surface area (Å²) in [5.74, 6) is 1.02. The standard InChI is InChI=1S/C21H22ClN4OP/c1-28(2,27)19-10-6-5-9-18(19)25-20-17(22)13-23-21(26-20)24-16-11-14-7-3-4-8-15(14)12-16/h3-10,13,16H,11-12H2,1-2H3,(H2,23,24,25,26). The van der Waals surface area contributed by atoms with Gasteiger partial charge in [0.25, 0.3) is 0 Å². The molecule has 1 aliphatic carbocycles. The normalized spacial score (nSPS) is 14.0. The van der Waals surface area contributed by atoms with Crippen LogP contribution in [0.2, 0.25) is 5.02 Å². The highest BCUT2D eigenvalue weighted by Crippen LogP contribution is 2.38. The predicted molar refractivity (Wildman–Crippen MR) is 117 cm³/mol. The molecule has 1 heterocycles. The van der Waals surface area contributed by atoms with Crippen molar-refractivity contribution in [2.24, 2.45) is 0 Å². The molecule has 2 aromatic carbocycles. The molecule has 0 fully saturated rings. The van der Waals surface area contributed by atoms with Gasteiger partial charge in [0, 0.05) is 11.3 Å². The maximum absolute atomic E-state index is 12.6. The first-order chi connectivity index (χ1) is 13.4. The molecule has 0 radical (unpaired) electrons. The fourth-order valence-electron chi connectivity index (χ4n) is 3.54. The van der Waals surface area contributed by atoms with E-state index in [0.29, 0.717) is 16.8 Å². The van der Waals surface area contributed by atoms with Crippen LogP contribution in [0.15, 0.2) is 54.7 Å². The molecule has 28 heavy (non-hydrogen) atoms. The molecule has 0 saturated carbocycles. The smallest absolute Gasteiger partial charge is 0.224 e. The molecule has 1 aliphatic rings. The van der Waals surface area contributed by atoms with Gasteiger partial charge >= 0.3 is 0 Å². The second kappa shape index (κ2) is 7.57. The van der Waals surface area contributed by atoms with Gasteiger partial charge in [0.2, 0.25) is 5.95 Å². The Morgan fingerprint density at radius 3 is 2.36 bits per heavy atom. The van der Waals surface area contributed by atoms with Crippen LogP contribution in [0.5, 0.6) is 0 Å². The summed E-state index contributed by atoms with van der Waals surface area (Å²) in [6.07, 6.45) is 3.48. The van der Waals surface area contributed by atoms with Gasteiger partial charge in [0.05, 0.1) is 11.9 Å². The van der Waals surface area contributed by atoms with Crippen LogP contribution in [0, 0.1) is 0 Å². The number of rotatable bonds is 5. The Kier molecular flexibility index (Phi) is 5.13. The van der Waals surface area contributed by atoms with Crippen molar-refractivity contribution >= 4 is 41.5 Å². The van der Waals surface area contributed by atoms with Crippen LogP contribution in [0.25, 0.3) is 0 Å². The van der Waals surface area contributed by atoms with E-state index in [2.05, 4.69) is 44.9 Å². The van der Waals surface area contributed by atoms with E-state index in [1.807, 2.05) is 24.3 Å². The molecular formula is C21H22ClN4OP. The summed E-state index contributed by atoms with van der Waals surface area (Å²) >= 11 is 6.32. The number of fused-ring (bicyclic) bond motifs is 1. The Balaban J connectivity index is 1.55. The van der Waals surface area contributed by atoms with E-state index in [1.54, 1.807) is 19.5 Å². The lowest BCUT2D eigenvalue weighted by Gasteiger charge is -2.17. The van der Waals surface area contributed by atoms with Crippen molar-refractivity contribution in [1.82, 2.24) is 9.97 Å². The van der Waals surface area contributed by atoms with Crippen molar-refractivity contribution in [3.05, 3.63) is 70.9 Å². The molecule has 0 unspecified atom stereocenters. The molecule has 0 saturated heterocycles. The van der Waals surface area contributed by atoms with Gasteiger partial charge < -0.3 is 15.2 Å². The molecule has 0 bridgehead atoms. The van der Waals surface area contributed by atoms with E-state index in [-0.39, 0.29) is 6.04 Å². The molecular weight excluding hydrogens is 391 g/mol. The molecule has 7 heteroatoms. The van der Waals surface area contributed by atoms with Gasteiger partial charge in [-0.1, -0.05) is 48.0 Å². The number of anilines is 3. The number of hydrogen-bond acceptors (Lipinski definition) is 5. The topological polar surface area (TPSA) is 66.9 Å². The minimum absolute atomic E-state index is 0.255. The van der Waals surface area contributed by atoms with Crippen LogP contribution in [-0.2, 0) is 17.4 Å². The van der Waals surface area contributed by atoms with Crippen LogP contribution in [0.3, 0.4) is 0 Å². The Bertz CT molecular complexity index is 1040. The van der Waals surface area contributed by atoms with Crippen LogP contribution < -0.4 is 15.9 Å². The number of aromatic nitrogens is 2. The second-order valence-corrected chi connectivity index (χ2v) is 11.0. The van der Waals surface area contributed by atoms with Crippen molar-refractivity contribution in [2.75, 3.05) is 24.0 Å². The highest BCUT2D eigenvalue weighted by Gasteiger charge is 2.22. The molecule has 5 nitrogen and oxygen atoms in total. The van der Waals surface area contributed by atoms with Gasteiger partial charge in [-0.05, 0) is 49.4 Å². The van der Waals surface area contributed by atoms with Gasteiger partial charge in [-0.2, -0.15) is 4.98 Å². The van der Waals surface area contributed by atoms with E-state index < -0.39 is 7.14 Å². The number of nitrogens with zero attached hydrogens (tertiary/aromatic N) is 2. The number of nitrogens with one attached hydrogen (secondary N) is 2. The molecule has 144 valence electrons. The number of hydrogen-bond donors (Lipinski definition) is 2. The van der Waals surface area contributed by atoms with Gasteiger partial charge in [-0.25, -0.2) is 4.98 Å². The quantitative estimate of drug-likeness (QED) is 0.594. The number of benzene rings is 2. The Morgan fingerprint density at radius 2 is 1.68 bits per heavy atom. The highest BCUT2D eigenvalue weighted by molar-refractivity contribution is 7.70. The van der Waals surface area contributed by atoms with Crippen molar-refractivity contribution in [3.8, 4) is 0 Å². The Morgan fingerprint density at radius 1 is 1.04 bits per heavy atom. The molecule has 0 amide bonds. The Hall–Kier alpha value is -2.36. The Labute approximate surface area is 169 Å². The average molecular weight is 413 g/mol. The molecule has 4 rings (SSSR count). The minimum Gasteiger partial charge on any atom is -0.351 e. The summed E-state index contributed by atoms with van der Waals surface area (Å²) in [4.78, 5) is 8.89. The zero-order chi connectivity index (χ0) is 19.7. The van der Waals surface area contributed by atoms with Crippen molar-refractivity contribution in [1.29, 1.82) is 0 Å². The average Bonchev–Trinajstić information content (AvgIpc) is 3.06. The first-order valence-corrected chi connectivity index (χ1v) is 12.2. The predicted octanol–water partition coefficient (Wildman–Crippen LogP) is 4.70. The van der Waals surface area contributed by atoms with Crippen LogP contribution in [0.4, 0.5) is 17.5 Å². The maximum Gasteiger partial charge on any atom is 0.224 e. The third-order valence-corrected chi connectivity index (χ3v) is 6.69. The van der Waals surface area contributed by atoms with Crippen molar-refractivity contribution in [2.45, 2.75) is 18.9 Å². The van der Waals surface area contributed by atoms with Gasteiger partial charge in [-0.3, -0.25) is 0 Å². The highest BCUT2D eigenvalue weighted by atomic mass is 35.5. The summed E-state index contributed by atoms with van der Waals surface area (Å²) in [6, 6.07) is 16.2. The molecule has 1 aromatic heterocycles. The largest absolute Gasteiger partial charge is 0.351 e. The fraction of sp³-hybridized carbons (Fsp3) is 0.238. The first-order valence-electron chi connectivity index (χ1n) is 9.17. The molecule has 0 aliphatic heterocycles.